The van der Waals surface area contributed by atoms with Gasteiger partial charge in [-0.15, -0.1) is 0 Å². The largest absolute Gasteiger partial charge is 0.465 e. The lowest BCUT2D eigenvalue weighted by atomic mass is 10.1. The van der Waals surface area contributed by atoms with Crippen LogP contribution in [-0.4, -0.2) is 37.8 Å². The summed E-state index contributed by atoms with van der Waals surface area (Å²) in [6, 6.07) is 14.9. The number of hydrogen-bond acceptors (Lipinski definition) is 5. The first-order chi connectivity index (χ1) is 16.0. The normalized spacial score (nSPS) is 10.6. The van der Waals surface area contributed by atoms with Gasteiger partial charge in [0.15, 0.2) is 5.11 Å². The van der Waals surface area contributed by atoms with Crippen molar-refractivity contribution in [1.82, 2.24) is 19.6 Å². The number of carbonyl (C=O) groups excluding carboxylic acids is 1. The lowest BCUT2D eigenvalue weighted by Gasteiger charge is -2.08. The molecule has 2 aromatic heterocycles. The second-order valence-corrected chi connectivity index (χ2v) is 7.99. The molecule has 0 bridgehead atoms. The number of halogens is 1. The number of hydrogen-bond donors (Lipinski definition) is 2. The van der Waals surface area contributed by atoms with Crippen LogP contribution in [0.4, 0.5) is 11.4 Å². The summed E-state index contributed by atoms with van der Waals surface area (Å²) in [5.74, 6) is -0.378. The van der Waals surface area contributed by atoms with E-state index in [1.165, 1.54) is 7.11 Å². The molecule has 0 amide bonds. The Balaban J connectivity index is 1.35. The van der Waals surface area contributed by atoms with Gasteiger partial charge >= 0.3 is 5.97 Å². The van der Waals surface area contributed by atoms with Crippen LogP contribution in [0, 0.1) is 0 Å². The average Bonchev–Trinajstić information content (AvgIpc) is 3.44. The zero-order valence-corrected chi connectivity index (χ0v) is 19.3. The third kappa shape index (κ3) is 5.76. The van der Waals surface area contributed by atoms with E-state index < -0.39 is 0 Å². The van der Waals surface area contributed by atoms with Gasteiger partial charge in [0.2, 0.25) is 0 Å². The Kier molecular flexibility index (Phi) is 7.01. The van der Waals surface area contributed by atoms with E-state index in [2.05, 4.69) is 20.8 Å². The van der Waals surface area contributed by atoms with Gasteiger partial charge in [-0.05, 0) is 35.5 Å². The summed E-state index contributed by atoms with van der Waals surface area (Å²) in [7, 11) is 1.36. The van der Waals surface area contributed by atoms with Crippen molar-refractivity contribution in [2.75, 3.05) is 17.7 Å². The van der Waals surface area contributed by atoms with Crippen LogP contribution in [-0.2, 0) is 17.8 Å². The van der Waals surface area contributed by atoms with Crippen molar-refractivity contribution in [3.63, 3.8) is 0 Å². The number of thiocarbonyl (C=S) groups is 1. The smallest absolute Gasteiger partial charge is 0.338 e. The molecule has 0 radical (unpaired) electrons. The van der Waals surface area contributed by atoms with Gasteiger partial charge in [-0.2, -0.15) is 10.2 Å². The molecule has 0 aliphatic carbocycles. The quantitative estimate of drug-likeness (QED) is 0.299. The van der Waals surface area contributed by atoms with Crippen molar-refractivity contribution in [1.29, 1.82) is 0 Å². The van der Waals surface area contributed by atoms with Crippen molar-refractivity contribution in [2.24, 2.45) is 0 Å². The fraction of sp³-hybridized carbons (Fsp3) is 0.130. The Labute approximate surface area is 201 Å². The Bertz CT molecular complexity index is 1290. The highest BCUT2D eigenvalue weighted by Crippen LogP contribution is 2.17. The fourth-order valence-corrected chi connectivity index (χ4v) is 3.70. The van der Waals surface area contributed by atoms with Crippen molar-refractivity contribution < 1.29 is 9.53 Å². The Morgan fingerprint density at radius 3 is 2.09 bits per heavy atom. The molecule has 33 heavy (non-hydrogen) atoms. The highest BCUT2D eigenvalue weighted by Gasteiger charge is 2.12. The minimum atomic E-state index is -0.378. The first-order valence-corrected chi connectivity index (χ1v) is 10.8. The van der Waals surface area contributed by atoms with Crippen molar-refractivity contribution in [3.05, 3.63) is 95.0 Å². The number of aromatic nitrogens is 4. The van der Waals surface area contributed by atoms with Crippen LogP contribution in [0.25, 0.3) is 0 Å². The van der Waals surface area contributed by atoms with Crippen LogP contribution in [0.1, 0.15) is 21.5 Å². The van der Waals surface area contributed by atoms with E-state index in [-0.39, 0.29) is 5.97 Å². The zero-order valence-electron chi connectivity index (χ0n) is 17.7. The zero-order chi connectivity index (χ0) is 23.2. The number of anilines is 2. The molecule has 0 fully saturated rings. The third-order valence-corrected chi connectivity index (χ3v) is 5.40. The number of methoxy groups -OCH3 is 1. The van der Waals surface area contributed by atoms with Crippen LogP contribution in [0.3, 0.4) is 0 Å². The number of rotatable bonds is 7. The summed E-state index contributed by atoms with van der Waals surface area (Å²) in [4.78, 5) is 12.0. The van der Waals surface area contributed by atoms with Crippen LogP contribution >= 0.6 is 23.8 Å². The molecule has 0 atom stereocenters. The van der Waals surface area contributed by atoms with Crippen molar-refractivity contribution in [2.45, 2.75) is 13.1 Å². The third-order valence-electron chi connectivity index (χ3n) is 4.83. The highest BCUT2D eigenvalue weighted by molar-refractivity contribution is 7.80. The van der Waals surface area contributed by atoms with Gasteiger partial charge in [0, 0.05) is 17.4 Å². The molecular formula is C23H21ClN6O2S. The number of carbonyl (C=O) groups is 1. The van der Waals surface area contributed by atoms with Crippen molar-refractivity contribution >= 4 is 46.3 Å². The van der Waals surface area contributed by atoms with Gasteiger partial charge in [-0.3, -0.25) is 9.36 Å². The summed E-state index contributed by atoms with van der Waals surface area (Å²) in [5, 5.41) is 16.0. The van der Waals surface area contributed by atoms with Gasteiger partial charge in [-0.1, -0.05) is 48.0 Å². The van der Waals surface area contributed by atoms with Gasteiger partial charge in [0.1, 0.15) is 0 Å². The predicted molar refractivity (Wildman–Crippen MR) is 132 cm³/mol. The summed E-state index contributed by atoms with van der Waals surface area (Å²) < 4.78 is 8.35. The molecule has 8 nitrogen and oxygen atoms in total. The number of benzene rings is 2. The number of nitrogens with zero attached hydrogens (tertiary/aromatic N) is 4. The predicted octanol–water partition coefficient (Wildman–Crippen LogP) is 4.43. The highest BCUT2D eigenvalue weighted by atomic mass is 35.5. The van der Waals surface area contributed by atoms with E-state index in [4.69, 9.17) is 28.6 Å². The molecule has 0 saturated heterocycles. The molecule has 0 aliphatic heterocycles. The monoisotopic (exact) mass is 480 g/mol. The molecular weight excluding hydrogens is 460 g/mol. The Morgan fingerprint density at radius 2 is 1.48 bits per heavy atom. The molecule has 2 heterocycles. The van der Waals surface area contributed by atoms with Crippen LogP contribution in [0.15, 0.2) is 73.3 Å². The summed E-state index contributed by atoms with van der Waals surface area (Å²) in [6.45, 7) is 0.976. The molecule has 2 aromatic carbocycles. The molecule has 10 heteroatoms. The van der Waals surface area contributed by atoms with Crippen LogP contribution < -0.4 is 10.6 Å². The van der Waals surface area contributed by atoms with Gasteiger partial charge in [0.05, 0.1) is 49.5 Å². The van der Waals surface area contributed by atoms with Crippen molar-refractivity contribution in [3.8, 4) is 0 Å². The van der Waals surface area contributed by atoms with E-state index >= 15 is 0 Å². The molecule has 0 aliphatic rings. The number of ether oxygens (including phenoxy) is 1. The SMILES string of the molecule is COC(=O)c1ccccc1Cn1cc(NC(=S)Nc2cnn(Cc3ccccc3Cl)c2)cn1. The fourth-order valence-electron chi connectivity index (χ4n) is 3.27. The Morgan fingerprint density at radius 1 is 0.939 bits per heavy atom. The standard InChI is InChI=1S/C23H21ClN6O2S/c1-32-22(31)20-8-4-2-6-16(20)12-29-14-18(10-25-29)27-23(33)28-19-11-26-30(15-19)13-17-7-3-5-9-21(17)24/h2-11,14-15H,12-13H2,1H3,(H2,27,28,33). The molecule has 2 N–H and O–H groups in total. The molecule has 168 valence electrons. The van der Waals surface area contributed by atoms with Crippen LogP contribution in [0.5, 0.6) is 0 Å². The Hall–Kier alpha value is -3.69. The minimum Gasteiger partial charge on any atom is -0.465 e. The lowest BCUT2D eigenvalue weighted by Crippen LogP contribution is -2.18. The first kappa shape index (κ1) is 22.5. The van der Waals surface area contributed by atoms with E-state index in [0.717, 1.165) is 16.8 Å². The average molecular weight is 481 g/mol. The number of nitrogens with one attached hydrogen (secondary N) is 2. The molecule has 0 spiro atoms. The second kappa shape index (κ2) is 10.3. The van der Waals surface area contributed by atoms with E-state index in [0.29, 0.717) is 34.5 Å². The summed E-state index contributed by atoms with van der Waals surface area (Å²) >= 11 is 11.6. The molecule has 0 unspecified atom stereocenters. The molecule has 4 aromatic rings. The molecule has 0 saturated carbocycles. The second-order valence-electron chi connectivity index (χ2n) is 7.17. The maximum Gasteiger partial charge on any atom is 0.338 e. The van der Waals surface area contributed by atoms with Gasteiger partial charge < -0.3 is 15.4 Å². The van der Waals surface area contributed by atoms with Gasteiger partial charge in [-0.25, -0.2) is 4.79 Å². The summed E-state index contributed by atoms with van der Waals surface area (Å²) in [6.07, 6.45) is 7.01. The van der Waals surface area contributed by atoms with Gasteiger partial charge in [0.25, 0.3) is 0 Å². The molecule has 4 rings (SSSR count). The first-order valence-electron chi connectivity index (χ1n) is 10.0. The topological polar surface area (TPSA) is 86.0 Å². The maximum absolute atomic E-state index is 12.0. The number of esters is 1. The lowest BCUT2D eigenvalue weighted by molar-refractivity contribution is 0.0599. The minimum absolute atomic E-state index is 0.378. The van der Waals surface area contributed by atoms with E-state index in [1.54, 1.807) is 33.9 Å². The maximum atomic E-state index is 12.0. The van der Waals surface area contributed by atoms with Crippen LogP contribution in [0.2, 0.25) is 5.02 Å². The summed E-state index contributed by atoms with van der Waals surface area (Å²) in [5.41, 5.74) is 3.77. The van der Waals surface area contributed by atoms with E-state index in [9.17, 15) is 4.79 Å². The van der Waals surface area contributed by atoms with E-state index in [1.807, 2.05) is 48.8 Å².